The van der Waals surface area contributed by atoms with E-state index in [2.05, 4.69) is 21.2 Å². The molecule has 0 radical (unpaired) electrons. The third-order valence-electron chi connectivity index (χ3n) is 3.49. The first-order chi connectivity index (χ1) is 10.9. The number of halogens is 2. The zero-order valence-corrected chi connectivity index (χ0v) is 14.9. The van der Waals surface area contributed by atoms with Crippen LogP contribution in [0.25, 0.3) is 0 Å². The van der Waals surface area contributed by atoms with Crippen molar-refractivity contribution in [3.8, 4) is 5.75 Å². The van der Waals surface area contributed by atoms with Crippen LogP contribution in [0.2, 0.25) is 0 Å². The molecular formula is C18H19BrFNO2. The molecule has 0 spiro atoms. The van der Waals surface area contributed by atoms with E-state index in [1.165, 1.54) is 12.1 Å². The molecule has 2 atom stereocenters. The average Bonchev–Trinajstić information content (AvgIpc) is 2.50. The van der Waals surface area contributed by atoms with Gasteiger partial charge in [0.2, 0.25) is 0 Å². The smallest absolute Gasteiger partial charge is 0.261 e. The van der Waals surface area contributed by atoms with Crippen LogP contribution in [0.5, 0.6) is 5.75 Å². The van der Waals surface area contributed by atoms with Crippen molar-refractivity contribution in [2.75, 3.05) is 0 Å². The molecule has 0 aliphatic rings. The summed E-state index contributed by atoms with van der Waals surface area (Å²) in [6, 6.07) is 11.5. The fraction of sp³-hybridized carbons (Fsp3) is 0.278. The number of ether oxygens (including phenoxy) is 1. The number of aryl methyl sites for hydroxylation is 1. The topological polar surface area (TPSA) is 38.3 Å². The Labute approximate surface area is 144 Å². The summed E-state index contributed by atoms with van der Waals surface area (Å²) in [6.45, 7) is 5.52. The van der Waals surface area contributed by atoms with Gasteiger partial charge in [0.05, 0.1) is 10.5 Å². The monoisotopic (exact) mass is 379 g/mol. The van der Waals surface area contributed by atoms with Crippen LogP contribution < -0.4 is 10.1 Å². The van der Waals surface area contributed by atoms with Crippen molar-refractivity contribution >= 4 is 21.8 Å². The SMILES string of the molecule is Cc1ccc(O[C@@H](C)C(=O)N[C@H](C)c2ccc(F)cc2)c(Br)c1. The van der Waals surface area contributed by atoms with Gasteiger partial charge in [-0.1, -0.05) is 18.2 Å². The second-order valence-electron chi connectivity index (χ2n) is 5.48. The Morgan fingerprint density at radius 3 is 2.43 bits per heavy atom. The fourth-order valence-corrected chi connectivity index (χ4v) is 2.70. The highest BCUT2D eigenvalue weighted by molar-refractivity contribution is 9.10. The Bertz CT molecular complexity index is 688. The highest BCUT2D eigenvalue weighted by Gasteiger charge is 2.18. The molecule has 0 bridgehead atoms. The molecular weight excluding hydrogens is 361 g/mol. The van der Waals surface area contributed by atoms with E-state index in [4.69, 9.17) is 4.74 Å². The number of benzene rings is 2. The predicted molar refractivity (Wildman–Crippen MR) is 91.9 cm³/mol. The second kappa shape index (κ2) is 7.59. The molecule has 1 N–H and O–H groups in total. The second-order valence-corrected chi connectivity index (χ2v) is 6.33. The van der Waals surface area contributed by atoms with E-state index in [0.29, 0.717) is 5.75 Å². The van der Waals surface area contributed by atoms with Crippen LogP contribution in [0.15, 0.2) is 46.9 Å². The quantitative estimate of drug-likeness (QED) is 0.827. The Kier molecular flexibility index (Phi) is 5.77. The lowest BCUT2D eigenvalue weighted by atomic mass is 10.1. The van der Waals surface area contributed by atoms with E-state index in [-0.39, 0.29) is 17.8 Å². The van der Waals surface area contributed by atoms with E-state index < -0.39 is 6.10 Å². The van der Waals surface area contributed by atoms with Crippen LogP contribution in [-0.4, -0.2) is 12.0 Å². The van der Waals surface area contributed by atoms with E-state index in [1.807, 2.05) is 32.0 Å². The van der Waals surface area contributed by atoms with E-state index in [0.717, 1.165) is 15.6 Å². The van der Waals surface area contributed by atoms with Gasteiger partial charge in [-0.2, -0.15) is 0 Å². The predicted octanol–water partition coefficient (Wildman–Crippen LogP) is 4.54. The molecule has 2 aromatic rings. The molecule has 0 aromatic heterocycles. The molecule has 0 aliphatic heterocycles. The van der Waals surface area contributed by atoms with Crippen LogP contribution in [0.1, 0.15) is 31.0 Å². The van der Waals surface area contributed by atoms with E-state index in [1.54, 1.807) is 19.1 Å². The first kappa shape index (κ1) is 17.5. The van der Waals surface area contributed by atoms with Crippen LogP contribution >= 0.6 is 15.9 Å². The van der Waals surface area contributed by atoms with Crippen LogP contribution in [0, 0.1) is 12.7 Å². The Morgan fingerprint density at radius 1 is 1.17 bits per heavy atom. The van der Waals surface area contributed by atoms with Crippen molar-refractivity contribution in [3.63, 3.8) is 0 Å². The van der Waals surface area contributed by atoms with Crippen molar-refractivity contribution in [2.45, 2.75) is 32.9 Å². The highest BCUT2D eigenvalue weighted by atomic mass is 79.9. The van der Waals surface area contributed by atoms with E-state index >= 15 is 0 Å². The maximum atomic E-state index is 12.9. The molecule has 0 aliphatic carbocycles. The number of carbonyl (C=O) groups excluding carboxylic acids is 1. The summed E-state index contributed by atoms with van der Waals surface area (Å²) in [5.74, 6) is 0.0928. The minimum Gasteiger partial charge on any atom is -0.480 e. The van der Waals surface area contributed by atoms with Gasteiger partial charge in [0.25, 0.3) is 5.91 Å². The lowest BCUT2D eigenvalue weighted by Gasteiger charge is -2.19. The number of hydrogen-bond donors (Lipinski definition) is 1. The van der Waals surface area contributed by atoms with Crippen molar-refractivity contribution in [2.24, 2.45) is 0 Å². The standard InChI is InChI=1S/C18H19BrFNO2/c1-11-4-9-17(16(19)10-11)23-13(3)18(22)21-12(2)14-5-7-15(20)8-6-14/h4-10,12-13H,1-3H3,(H,21,22)/t12-,13+/m1/s1. The molecule has 5 heteroatoms. The lowest BCUT2D eigenvalue weighted by molar-refractivity contribution is -0.127. The normalized spacial score (nSPS) is 13.3. The first-order valence-electron chi connectivity index (χ1n) is 7.35. The molecule has 23 heavy (non-hydrogen) atoms. The van der Waals surface area contributed by atoms with Gasteiger partial charge in [-0.05, 0) is 72.1 Å². The van der Waals surface area contributed by atoms with Crippen molar-refractivity contribution in [1.82, 2.24) is 5.32 Å². The zero-order valence-electron chi connectivity index (χ0n) is 13.3. The van der Waals surface area contributed by atoms with Crippen molar-refractivity contribution in [1.29, 1.82) is 0 Å². The number of amides is 1. The number of hydrogen-bond acceptors (Lipinski definition) is 2. The molecule has 0 fully saturated rings. The summed E-state index contributed by atoms with van der Waals surface area (Å²) in [4.78, 5) is 12.3. The van der Waals surface area contributed by atoms with Gasteiger partial charge in [0.1, 0.15) is 11.6 Å². The third-order valence-corrected chi connectivity index (χ3v) is 4.11. The summed E-state index contributed by atoms with van der Waals surface area (Å²) in [5.41, 5.74) is 1.94. The van der Waals surface area contributed by atoms with Gasteiger partial charge in [-0.15, -0.1) is 0 Å². The first-order valence-corrected chi connectivity index (χ1v) is 8.15. The average molecular weight is 380 g/mol. The minimum absolute atomic E-state index is 0.226. The van der Waals surface area contributed by atoms with Crippen molar-refractivity contribution < 1.29 is 13.9 Å². The van der Waals surface area contributed by atoms with Gasteiger partial charge in [0.15, 0.2) is 6.10 Å². The molecule has 2 aromatic carbocycles. The van der Waals surface area contributed by atoms with Gasteiger partial charge < -0.3 is 10.1 Å². The Hall–Kier alpha value is -1.88. The summed E-state index contributed by atoms with van der Waals surface area (Å²) in [5, 5.41) is 2.86. The number of nitrogens with one attached hydrogen (secondary N) is 1. The lowest BCUT2D eigenvalue weighted by Crippen LogP contribution is -2.37. The van der Waals surface area contributed by atoms with Crippen LogP contribution in [0.4, 0.5) is 4.39 Å². The number of carbonyl (C=O) groups is 1. The summed E-state index contributed by atoms with van der Waals surface area (Å²) in [7, 11) is 0. The molecule has 0 heterocycles. The van der Waals surface area contributed by atoms with E-state index in [9.17, 15) is 9.18 Å². The van der Waals surface area contributed by atoms with Gasteiger partial charge >= 0.3 is 0 Å². The molecule has 3 nitrogen and oxygen atoms in total. The van der Waals surface area contributed by atoms with Crippen LogP contribution in [-0.2, 0) is 4.79 Å². The molecule has 0 saturated carbocycles. The fourth-order valence-electron chi connectivity index (χ4n) is 2.11. The highest BCUT2D eigenvalue weighted by Crippen LogP contribution is 2.26. The zero-order chi connectivity index (χ0) is 17.0. The van der Waals surface area contributed by atoms with Crippen LogP contribution in [0.3, 0.4) is 0 Å². The maximum absolute atomic E-state index is 12.9. The molecule has 2 rings (SSSR count). The number of rotatable bonds is 5. The van der Waals surface area contributed by atoms with Gasteiger partial charge in [-0.25, -0.2) is 4.39 Å². The summed E-state index contributed by atoms with van der Waals surface area (Å²) >= 11 is 3.43. The summed E-state index contributed by atoms with van der Waals surface area (Å²) < 4.78 is 19.4. The largest absolute Gasteiger partial charge is 0.480 e. The third kappa shape index (κ3) is 4.79. The minimum atomic E-state index is -0.642. The molecule has 0 saturated heterocycles. The Morgan fingerprint density at radius 2 is 1.83 bits per heavy atom. The molecule has 1 amide bonds. The molecule has 0 unspecified atom stereocenters. The Balaban J connectivity index is 1.98. The van der Waals surface area contributed by atoms with Gasteiger partial charge in [-0.3, -0.25) is 4.79 Å². The maximum Gasteiger partial charge on any atom is 0.261 e. The summed E-state index contributed by atoms with van der Waals surface area (Å²) in [6.07, 6.45) is -0.642. The molecule has 122 valence electrons. The van der Waals surface area contributed by atoms with Crippen molar-refractivity contribution in [3.05, 3.63) is 63.9 Å². The van der Waals surface area contributed by atoms with Gasteiger partial charge in [0, 0.05) is 0 Å².